The molecular formula is C24H23N3O3. The number of benzene rings is 2. The fourth-order valence-electron chi connectivity index (χ4n) is 3.25. The van der Waals surface area contributed by atoms with Crippen molar-refractivity contribution in [3.8, 4) is 11.5 Å². The van der Waals surface area contributed by atoms with Crippen LogP contribution in [0.25, 0.3) is 5.65 Å². The average Bonchev–Trinajstić information content (AvgIpc) is 3.17. The van der Waals surface area contributed by atoms with Crippen LogP contribution in [0.4, 0.5) is 5.69 Å². The van der Waals surface area contributed by atoms with E-state index in [1.54, 1.807) is 31.4 Å². The largest absolute Gasteiger partial charge is 0.495 e. The lowest BCUT2D eigenvalue weighted by Gasteiger charge is -2.11. The van der Waals surface area contributed by atoms with Crippen LogP contribution in [-0.4, -0.2) is 22.4 Å². The summed E-state index contributed by atoms with van der Waals surface area (Å²) in [5, 5.41) is 2.90. The van der Waals surface area contributed by atoms with Gasteiger partial charge in [0.15, 0.2) is 0 Å². The summed E-state index contributed by atoms with van der Waals surface area (Å²) in [7, 11) is 1.58. The molecule has 6 nitrogen and oxygen atoms in total. The van der Waals surface area contributed by atoms with Crippen LogP contribution in [-0.2, 0) is 6.61 Å². The van der Waals surface area contributed by atoms with Crippen LogP contribution in [0.3, 0.4) is 0 Å². The number of imidazole rings is 1. The van der Waals surface area contributed by atoms with Gasteiger partial charge in [0.2, 0.25) is 0 Å². The number of ether oxygens (including phenoxy) is 2. The van der Waals surface area contributed by atoms with Gasteiger partial charge < -0.3 is 19.2 Å². The Morgan fingerprint density at radius 1 is 1.10 bits per heavy atom. The van der Waals surface area contributed by atoms with Crippen molar-refractivity contribution in [1.82, 2.24) is 9.38 Å². The van der Waals surface area contributed by atoms with Gasteiger partial charge in [-0.05, 0) is 67.4 Å². The first kappa shape index (κ1) is 19.5. The first-order valence-corrected chi connectivity index (χ1v) is 9.65. The number of carbonyl (C=O) groups excluding carboxylic acids is 1. The molecule has 0 aliphatic carbocycles. The molecule has 152 valence electrons. The van der Waals surface area contributed by atoms with E-state index in [0.29, 0.717) is 29.4 Å². The van der Waals surface area contributed by atoms with E-state index in [0.717, 1.165) is 22.5 Å². The van der Waals surface area contributed by atoms with E-state index in [1.165, 1.54) is 0 Å². The van der Waals surface area contributed by atoms with E-state index in [4.69, 9.17) is 9.47 Å². The van der Waals surface area contributed by atoms with Crippen LogP contribution in [0, 0.1) is 13.8 Å². The van der Waals surface area contributed by atoms with Crippen LogP contribution >= 0.6 is 0 Å². The van der Waals surface area contributed by atoms with Crippen LogP contribution in [0.1, 0.15) is 27.2 Å². The first-order chi connectivity index (χ1) is 14.5. The summed E-state index contributed by atoms with van der Waals surface area (Å²) in [5.41, 5.74) is 5.10. The van der Waals surface area contributed by atoms with Gasteiger partial charge in [0.05, 0.1) is 18.5 Å². The molecule has 0 radical (unpaired) electrons. The minimum atomic E-state index is -0.207. The number of nitrogens with one attached hydrogen (secondary N) is 1. The predicted octanol–water partition coefficient (Wildman–Crippen LogP) is 4.79. The van der Waals surface area contributed by atoms with Crippen LogP contribution < -0.4 is 14.8 Å². The Bertz CT molecular complexity index is 1200. The number of anilines is 1. The summed E-state index contributed by atoms with van der Waals surface area (Å²) in [5.74, 6) is 1.09. The van der Waals surface area contributed by atoms with Gasteiger partial charge in [0, 0.05) is 18.0 Å². The molecule has 30 heavy (non-hydrogen) atoms. The minimum Gasteiger partial charge on any atom is -0.495 e. The molecule has 1 amide bonds. The molecule has 0 aliphatic rings. The van der Waals surface area contributed by atoms with Gasteiger partial charge in [0.25, 0.3) is 5.91 Å². The lowest BCUT2D eigenvalue weighted by Crippen LogP contribution is -2.12. The number of hydrogen-bond acceptors (Lipinski definition) is 4. The summed E-state index contributed by atoms with van der Waals surface area (Å²) < 4.78 is 13.1. The molecule has 0 atom stereocenters. The molecule has 2 aromatic heterocycles. The van der Waals surface area contributed by atoms with E-state index >= 15 is 0 Å². The van der Waals surface area contributed by atoms with Gasteiger partial charge in [-0.1, -0.05) is 12.1 Å². The molecule has 1 N–H and O–H groups in total. The van der Waals surface area contributed by atoms with E-state index in [9.17, 15) is 4.79 Å². The maximum absolute atomic E-state index is 12.6. The summed E-state index contributed by atoms with van der Waals surface area (Å²) in [4.78, 5) is 17.2. The molecule has 2 heterocycles. The molecule has 0 unspecified atom stereocenters. The second kappa shape index (κ2) is 8.29. The van der Waals surface area contributed by atoms with Crippen molar-refractivity contribution in [2.75, 3.05) is 12.4 Å². The molecular weight excluding hydrogens is 378 g/mol. The third-order valence-electron chi connectivity index (χ3n) is 4.83. The highest BCUT2D eigenvalue weighted by Crippen LogP contribution is 2.26. The van der Waals surface area contributed by atoms with Crippen molar-refractivity contribution in [2.45, 2.75) is 20.5 Å². The number of nitrogens with zero attached hydrogens (tertiary/aromatic N) is 2. The maximum Gasteiger partial charge on any atom is 0.255 e. The highest BCUT2D eigenvalue weighted by atomic mass is 16.5. The van der Waals surface area contributed by atoms with Crippen LogP contribution in [0.5, 0.6) is 11.5 Å². The maximum atomic E-state index is 12.6. The van der Waals surface area contributed by atoms with Crippen LogP contribution in [0.15, 0.2) is 67.0 Å². The Balaban J connectivity index is 1.41. The van der Waals surface area contributed by atoms with E-state index in [1.807, 2.05) is 61.0 Å². The van der Waals surface area contributed by atoms with E-state index < -0.39 is 0 Å². The van der Waals surface area contributed by atoms with Crippen molar-refractivity contribution in [1.29, 1.82) is 0 Å². The van der Waals surface area contributed by atoms with Crippen molar-refractivity contribution in [2.24, 2.45) is 0 Å². The normalized spacial score (nSPS) is 10.8. The summed E-state index contributed by atoms with van der Waals surface area (Å²) in [6, 6.07) is 16.7. The molecule has 0 saturated heterocycles. The molecule has 4 rings (SSSR count). The lowest BCUT2D eigenvalue weighted by molar-refractivity contribution is 0.102. The number of rotatable bonds is 6. The van der Waals surface area contributed by atoms with Crippen molar-refractivity contribution in [3.05, 3.63) is 89.4 Å². The molecule has 6 heteroatoms. The van der Waals surface area contributed by atoms with Crippen LogP contribution in [0.2, 0.25) is 0 Å². The molecule has 4 aromatic rings. The number of carbonyl (C=O) groups is 1. The average molecular weight is 401 g/mol. The lowest BCUT2D eigenvalue weighted by atomic mass is 10.1. The summed E-state index contributed by atoms with van der Waals surface area (Å²) in [6.07, 6.45) is 3.93. The number of methoxy groups -OCH3 is 1. The Morgan fingerprint density at radius 3 is 2.63 bits per heavy atom. The number of aromatic nitrogens is 2. The first-order valence-electron chi connectivity index (χ1n) is 9.65. The fourth-order valence-corrected chi connectivity index (χ4v) is 3.25. The van der Waals surface area contributed by atoms with Gasteiger partial charge in [-0.2, -0.15) is 0 Å². The fraction of sp³-hybridized carbons (Fsp3) is 0.167. The highest BCUT2D eigenvalue weighted by Gasteiger charge is 2.11. The number of amides is 1. The quantitative estimate of drug-likeness (QED) is 0.504. The molecule has 0 fully saturated rings. The Labute approximate surface area is 175 Å². The monoisotopic (exact) mass is 401 g/mol. The summed E-state index contributed by atoms with van der Waals surface area (Å²) in [6.45, 7) is 4.35. The second-order valence-corrected chi connectivity index (χ2v) is 7.13. The molecule has 0 bridgehead atoms. The molecule has 0 aliphatic heterocycles. The van der Waals surface area contributed by atoms with Gasteiger partial charge in [-0.25, -0.2) is 4.98 Å². The number of aryl methyl sites for hydroxylation is 2. The third-order valence-corrected chi connectivity index (χ3v) is 4.83. The van der Waals surface area contributed by atoms with Crippen molar-refractivity contribution >= 4 is 17.2 Å². The van der Waals surface area contributed by atoms with E-state index in [-0.39, 0.29) is 5.91 Å². The topological polar surface area (TPSA) is 64.9 Å². The molecule has 0 spiro atoms. The predicted molar refractivity (Wildman–Crippen MR) is 116 cm³/mol. The zero-order valence-corrected chi connectivity index (χ0v) is 17.2. The molecule has 0 saturated carbocycles. The number of fused-ring (bicyclic) bond motifs is 1. The van der Waals surface area contributed by atoms with Gasteiger partial charge in [-0.15, -0.1) is 0 Å². The van der Waals surface area contributed by atoms with Gasteiger partial charge in [0.1, 0.15) is 23.8 Å². The Kier molecular flexibility index (Phi) is 5.39. The van der Waals surface area contributed by atoms with Crippen molar-refractivity contribution in [3.63, 3.8) is 0 Å². The van der Waals surface area contributed by atoms with Crippen molar-refractivity contribution < 1.29 is 14.3 Å². The summed E-state index contributed by atoms with van der Waals surface area (Å²) >= 11 is 0. The second-order valence-electron chi connectivity index (χ2n) is 7.13. The molecule has 2 aromatic carbocycles. The zero-order chi connectivity index (χ0) is 21.1. The van der Waals surface area contributed by atoms with Gasteiger partial charge >= 0.3 is 0 Å². The highest BCUT2D eigenvalue weighted by molar-refractivity contribution is 6.05. The number of hydrogen-bond donors (Lipinski definition) is 1. The smallest absolute Gasteiger partial charge is 0.255 e. The third kappa shape index (κ3) is 4.12. The van der Waals surface area contributed by atoms with E-state index in [2.05, 4.69) is 10.3 Å². The van der Waals surface area contributed by atoms with Gasteiger partial charge in [-0.3, -0.25) is 4.79 Å². The zero-order valence-electron chi connectivity index (χ0n) is 17.2. The Morgan fingerprint density at radius 2 is 1.90 bits per heavy atom. The SMILES string of the molecule is COc1ccc(C)cc1NC(=O)c1ccc(OCc2cn3cccc(C)c3n2)cc1. The Hall–Kier alpha value is -3.80. The number of pyridine rings is 1. The standard InChI is InChI=1S/C24H23N3O3/c1-16-6-11-22(29-3)21(13-16)26-24(28)18-7-9-20(10-8-18)30-15-19-14-27-12-4-5-17(2)23(27)25-19/h4-14H,15H2,1-3H3,(H,26,28). The minimum absolute atomic E-state index is 0.207.